The summed E-state index contributed by atoms with van der Waals surface area (Å²) in [7, 11) is 2.90. The maximum Gasteiger partial charge on any atom is 0.337 e. The van der Waals surface area contributed by atoms with Crippen LogP contribution in [-0.2, 0) is 15.3 Å². The van der Waals surface area contributed by atoms with Gasteiger partial charge in [-0.05, 0) is 48.4 Å². The number of hydrogen-bond acceptors (Lipinski definition) is 6. The first-order valence-electron chi connectivity index (χ1n) is 12.0. The van der Waals surface area contributed by atoms with Crippen LogP contribution in [0.2, 0.25) is 0 Å². The molecule has 1 atom stereocenters. The van der Waals surface area contributed by atoms with Crippen molar-refractivity contribution in [3.8, 4) is 5.75 Å². The number of nitrogens with one attached hydrogen (secondary N) is 2. The van der Waals surface area contributed by atoms with E-state index in [0.717, 1.165) is 15.6 Å². The third-order valence-corrected chi connectivity index (χ3v) is 7.99. The Kier molecular flexibility index (Phi) is 9.12. The molecule has 2 N–H and O–H groups in total. The Bertz CT molecular complexity index is 1510. The SMILES string of the molecule is [C-]#[N+]C1=C(SCc2ccc(C(=O)OC)cc2)NC(C)=C(C(=O)Nc2ccccc2OC)C1c1ccccc1Br. The molecule has 3 aromatic carbocycles. The van der Waals surface area contributed by atoms with Crippen LogP contribution < -0.4 is 15.4 Å². The van der Waals surface area contributed by atoms with E-state index >= 15 is 0 Å². The van der Waals surface area contributed by atoms with Gasteiger partial charge in [-0.3, -0.25) is 4.79 Å². The van der Waals surface area contributed by atoms with Gasteiger partial charge in [0, 0.05) is 21.5 Å². The Morgan fingerprint density at radius 1 is 1.05 bits per heavy atom. The molecular weight excluding hydrogens is 578 g/mol. The molecule has 0 saturated carbocycles. The molecule has 198 valence electrons. The summed E-state index contributed by atoms with van der Waals surface area (Å²) in [5, 5.41) is 6.96. The highest BCUT2D eigenvalue weighted by Gasteiger charge is 2.36. The molecule has 0 bridgehead atoms. The number of methoxy groups -OCH3 is 2. The number of ether oxygens (including phenoxy) is 2. The average Bonchev–Trinajstić information content (AvgIpc) is 2.96. The average molecular weight is 605 g/mol. The topological polar surface area (TPSA) is 81.0 Å². The molecule has 0 aromatic heterocycles. The van der Waals surface area contributed by atoms with Crippen LogP contribution in [0.5, 0.6) is 5.75 Å². The first kappa shape index (κ1) is 28.0. The fraction of sp³-hybridized carbons (Fsp3) is 0.167. The third kappa shape index (κ3) is 6.19. The third-order valence-electron chi connectivity index (χ3n) is 6.19. The minimum atomic E-state index is -0.599. The number of para-hydroxylation sites is 2. The lowest BCUT2D eigenvalue weighted by Crippen LogP contribution is -2.30. The maximum atomic E-state index is 13.8. The van der Waals surface area contributed by atoms with Crippen molar-refractivity contribution in [1.29, 1.82) is 0 Å². The molecule has 39 heavy (non-hydrogen) atoms. The molecule has 4 rings (SSSR count). The Hall–Kier alpha value is -4.00. The summed E-state index contributed by atoms with van der Waals surface area (Å²) in [5.74, 6) is -0.216. The Balaban J connectivity index is 1.69. The van der Waals surface area contributed by atoms with Crippen molar-refractivity contribution in [1.82, 2.24) is 5.32 Å². The molecule has 0 spiro atoms. The number of benzene rings is 3. The molecular formula is C30H26BrN3O4S. The zero-order valence-corrected chi connectivity index (χ0v) is 24.0. The number of nitrogens with zero attached hydrogens (tertiary/aromatic N) is 1. The Morgan fingerprint density at radius 3 is 2.41 bits per heavy atom. The number of hydrogen-bond donors (Lipinski definition) is 2. The Labute approximate surface area is 240 Å². The van der Waals surface area contributed by atoms with Crippen molar-refractivity contribution in [2.45, 2.75) is 18.6 Å². The molecule has 0 saturated heterocycles. The van der Waals surface area contributed by atoms with Crippen molar-refractivity contribution in [2.24, 2.45) is 0 Å². The number of thioether (sulfide) groups is 1. The van der Waals surface area contributed by atoms with Crippen LogP contribution in [0.3, 0.4) is 0 Å². The van der Waals surface area contributed by atoms with Crippen LogP contribution >= 0.6 is 27.7 Å². The standard InChI is InChI=1S/C30H26BrN3O4S/c1-18-25(28(35)34-23-11-7-8-12-24(23)37-3)26(21-9-5-6-10-22(21)31)27(32-2)29(33-18)39-17-19-13-15-20(16-14-19)30(36)38-4/h5-16,26,33H,17H2,1,3-4H3,(H,34,35). The Morgan fingerprint density at radius 2 is 1.74 bits per heavy atom. The van der Waals surface area contributed by atoms with E-state index in [1.54, 1.807) is 31.4 Å². The van der Waals surface area contributed by atoms with E-state index < -0.39 is 11.9 Å². The lowest BCUT2D eigenvalue weighted by atomic mass is 9.85. The van der Waals surface area contributed by atoms with E-state index in [4.69, 9.17) is 16.0 Å². The van der Waals surface area contributed by atoms with Crippen LogP contribution in [0.4, 0.5) is 5.69 Å². The van der Waals surface area contributed by atoms with Crippen molar-refractivity contribution < 1.29 is 19.1 Å². The predicted molar refractivity (Wildman–Crippen MR) is 157 cm³/mol. The van der Waals surface area contributed by atoms with Crippen LogP contribution in [0.1, 0.15) is 34.3 Å². The smallest absolute Gasteiger partial charge is 0.337 e. The van der Waals surface area contributed by atoms with Crippen LogP contribution in [0, 0.1) is 6.57 Å². The van der Waals surface area contributed by atoms with Crippen molar-refractivity contribution in [3.05, 3.63) is 127 Å². The number of anilines is 1. The van der Waals surface area contributed by atoms with Gasteiger partial charge >= 0.3 is 5.97 Å². The highest BCUT2D eigenvalue weighted by atomic mass is 79.9. The maximum absolute atomic E-state index is 13.8. The minimum Gasteiger partial charge on any atom is -0.495 e. The van der Waals surface area contributed by atoms with Crippen molar-refractivity contribution in [2.75, 3.05) is 19.5 Å². The van der Waals surface area contributed by atoms with E-state index in [0.29, 0.717) is 44.7 Å². The monoisotopic (exact) mass is 603 g/mol. The van der Waals surface area contributed by atoms with Gasteiger partial charge in [0.1, 0.15) is 5.75 Å². The van der Waals surface area contributed by atoms with Gasteiger partial charge in [-0.2, -0.15) is 0 Å². The fourth-order valence-corrected chi connectivity index (χ4v) is 5.83. The lowest BCUT2D eigenvalue weighted by molar-refractivity contribution is -0.113. The molecule has 0 aliphatic carbocycles. The van der Waals surface area contributed by atoms with Crippen LogP contribution in [0.25, 0.3) is 4.85 Å². The van der Waals surface area contributed by atoms with E-state index in [1.165, 1.54) is 18.9 Å². The van der Waals surface area contributed by atoms with E-state index in [-0.39, 0.29) is 5.91 Å². The van der Waals surface area contributed by atoms with E-state index in [9.17, 15) is 9.59 Å². The van der Waals surface area contributed by atoms with Gasteiger partial charge in [0.25, 0.3) is 5.91 Å². The second-order valence-electron chi connectivity index (χ2n) is 8.58. The number of esters is 1. The first-order valence-corrected chi connectivity index (χ1v) is 13.7. The fourth-order valence-electron chi connectivity index (χ4n) is 4.27. The molecule has 1 heterocycles. The zero-order valence-electron chi connectivity index (χ0n) is 21.6. The van der Waals surface area contributed by atoms with E-state index in [2.05, 4.69) is 31.4 Å². The number of rotatable bonds is 8. The molecule has 7 nitrogen and oxygen atoms in total. The molecule has 1 aliphatic heterocycles. The summed E-state index contributed by atoms with van der Waals surface area (Å²) in [6.07, 6.45) is 0. The second kappa shape index (κ2) is 12.7. The lowest BCUT2D eigenvalue weighted by Gasteiger charge is -2.30. The number of carbonyl (C=O) groups excluding carboxylic acids is 2. The number of halogens is 1. The largest absolute Gasteiger partial charge is 0.495 e. The molecule has 3 aromatic rings. The summed E-state index contributed by atoms with van der Waals surface area (Å²) in [5.41, 5.74) is 4.33. The van der Waals surface area contributed by atoms with Gasteiger partial charge in [0.15, 0.2) is 0 Å². The molecule has 1 aliphatic rings. The normalized spacial score (nSPS) is 14.8. The molecule has 1 amide bonds. The summed E-state index contributed by atoms with van der Waals surface area (Å²) in [6.45, 7) is 9.95. The second-order valence-corrected chi connectivity index (χ2v) is 10.4. The van der Waals surface area contributed by atoms with E-state index in [1.807, 2.05) is 55.5 Å². The highest BCUT2D eigenvalue weighted by Crippen LogP contribution is 2.44. The van der Waals surface area contributed by atoms with Gasteiger partial charge in [-0.1, -0.05) is 58.4 Å². The van der Waals surface area contributed by atoms with Gasteiger partial charge in [0.05, 0.1) is 43.0 Å². The van der Waals surface area contributed by atoms with Crippen molar-refractivity contribution >= 4 is 45.3 Å². The summed E-state index contributed by atoms with van der Waals surface area (Å²) < 4.78 is 11.0. The zero-order chi connectivity index (χ0) is 27.9. The van der Waals surface area contributed by atoms with Gasteiger partial charge in [0.2, 0.25) is 5.70 Å². The highest BCUT2D eigenvalue weighted by molar-refractivity contribution is 9.10. The number of carbonyl (C=O) groups is 2. The van der Waals surface area contributed by atoms with Gasteiger partial charge in [-0.25, -0.2) is 9.64 Å². The summed E-state index contributed by atoms with van der Waals surface area (Å²) >= 11 is 5.10. The molecule has 1 unspecified atom stereocenters. The van der Waals surface area contributed by atoms with Crippen LogP contribution in [0.15, 0.2) is 99.3 Å². The molecule has 9 heteroatoms. The summed E-state index contributed by atoms with van der Waals surface area (Å²) in [6, 6.07) is 22.0. The molecule has 0 fully saturated rings. The first-order chi connectivity index (χ1) is 18.9. The number of dihydropyridines is 1. The predicted octanol–water partition coefficient (Wildman–Crippen LogP) is 6.87. The van der Waals surface area contributed by atoms with Gasteiger partial charge < -0.3 is 20.1 Å². The number of amides is 1. The van der Waals surface area contributed by atoms with Gasteiger partial charge in [-0.15, -0.1) is 11.8 Å². The molecule has 0 radical (unpaired) electrons. The summed E-state index contributed by atoms with van der Waals surface area (Å²) in [4.78, 5) is 29.4. The van der Waals surface area contributed by atoms with Crippen molar-refractivity contribution in [3.63, 3.8) is 0 Å². The quantitative estimate of drug-likeness (QED) is 0.216. The minimum absolute atomic E-state index is 0.325. The number of allylic oxidation sites excluding steroid dienone is 2. The van der Waals surface area contributed by atoms with Crippen LogP contribution in [-0.4, -0.2) is 26.1 Å².